The van der Waals surface area contributed by atoms with E-state index in [1.807, 2.05) is 43.3 Å². The topological polar surface area (TPSA) is 49.9 Å². The first kappa shape index (κ1) is 18.1. The molecule has 0 bridgehead atoms. The van der Waals surface area contributed by atoms with Gasteiger partial charge in [-0.2, -0.15) is 0 Å². The molecule has 0 saturated carbocycles. The molecule has 0 aromatic heterocycles. The van der Waals surface area contributed by atoms with E-state index in [0.717, 1.165) is 37.7 Å². The number of carbonyl (C=O) groups is 2. The minimum atomic E-state index is -0.155. The van der Waals surface area contributed by atoms with E-state index in [9.17, 15) is 9.59 Å². The zero-order chi connectivity index (χ0) is 18.5. The van der Waals surface area contributed by atoms with Crippen LogP contribution >= 0.6 is 0 Å². The Labute approximate surface area is 154 Å². The van der Waals surface area contributed by atoms with Crippen LogP contribution in [0.25, 0.3) is 0 Å². The van der Waals surface area contributed by atoms with Crippen molar-refractivity contribution >= 4 is 22.9 Å². The quantitative estimate of drug-likeness (QED) is 0.591. The molecule has 0 unspecified atom stereocenters. The molecule has 1 fully saturated rings. The van der Waals surface area contributed by atoms with Crippen molar-refractivity contribution in [3.8, 4) is 0 Å². The summed E-state index contributed by atoms with van der Waals surface area (Å²) in [5, 5.41) is 0. The molecule has 5 heteroatoms. The van der Waals surface area contributed by atoms with Gasteiger partial charge in [-0.1, -0.05) is 0 Å². The van der Waals surface area contributed by atoms with Gasteiger partial charge in [-0.05, 0) is 48.5 Å². The fourth-order valence-corrected chi connectivity index (χ4v) is 2.98. The first-order chi connectivity index (χ1) is 12.5. The maximum atomic E-state index is 12.4. The summed E-state index contributed by atoms with van der Waals surface area (Å²) < 4.78 is 5.35. The number of rotatable bonds is 6. The molecule has 136 valence electrons. The van der Waals surface area contributed by atoms with E-state index in [0.29, 0.717) is 11.1 Å². The molecule has 1 heterocycles. The number of hydrogen-bond acceptors (Lipinski definition) is 5. The average Bonchev–Trinajstić information content (AvgIpc) is 2.68. The standard InChI is InChI=1S/C21H24N2O3/c1-22(2)18-7-3-16(4-8-18)20(24)15-21(25)17-5-9-19(10-6-17)23-11-13-26-14-12-23/h3-10H,11-15H2,1-2H3. The van der Waals surface area contributed by atoms with Crippen LogP contribution in [0.5, 0.6) is 0 Å². The summed E-state index contributed by atoms with van der Waals surface area (Å²) in [6, 6.07) is 14.8. The lowest BCUT2D eigenvalue weighted by Crippen LogP contribution is -2.36. The normalized spacial score (nSPS) is 14.2. The van der Waals surface area contributed by atoms with Crippen molar-refractivity contribution in [2.24, 2.45) is 0 Å². The summed E-state index contributed by atoms with van der Waals surface area (Å²) in [4.78, 5) is 29.0. The lowest BCUT2D eigenvalue weighted by Gasteiger charge is -2.28. The summed E-state index contributed by atoms with van der Waals surface area (Å²) in [5.74, 6) is -0.308. The van der Waals surface area contributed by atoms with Gasteiger partial charge in [0.15, 0.2) is 11.6 Å². The van der Waals surface area contributed by atoms with E-state index < -0.39 is 0 Å². The highest BCUT2D eigenvalue weighted by Gasteiger charge is 2.15. The third-order valence-corrected chi connectivity index (χ3v) is 4.59. The van der Waals surface area contributed by atoms with Gasteiger partial charge in [0.2, 0.25) is 0 Å². The molecule has 0 amide bonds. The summed E-state index contributed by atoms with van der Waals surface area (Å²) in [5.41, 5.74) is 3.23. The van der Waals surface area contributed by atoms with Gasteiger partial charge in [0.1, 0.15) is 0 Å². The Morgan fingerprint density at radius 2 is 1.38 bits per heavy atom. The molecular formula is C21H24N2O3. The van der Waals surface area contributed by atoms with Crippen LogP contribution in [0.4, 0.5) is 11.4 Å². The monoisotopic (exact) mass is 352 g/mol. The van der Waals surface area contributed by atoms with Crippen molar-refractivity contribution in [1.82, 2.24) is 0 Å². The predicted molar refractivity (Wildman–Crippen MR) is 104 cm³/mol. The first-order valence-electron chi connectivity index (χ1n) is 8.81. The highest BCUT2D eigenvalue weighted by Crippen LogP contribution is 2.19. The molecule has 0 spiro atoms. The van der Waals surface area contributed by atoms with Crippen LogP contribution in [0.15, 0.2) is 48.5 Å². The first-order valence-corrected chi connectivity index (χ1v) is 8.81. The van der Waals surface area contributed by atoms with E-state index in [1.54, 1.807) is 24.3 Å². The van der Waals surface area contributed by atoms with Crippen molar-refractivity contribution in [2.45, 2.75) is 6.42 Å². The molecule has 1 aliphatic rings. The smallest absolute Gasteiger partial charge is 0.170 e. The summed E-state index contributed by atoms with van der Waals surface area (Å²) >= 11 is 0. The molecular weight excluding hydrogens is 328 g/mol. The summed E-state index contributed by atoms with van der Waals surface area (Å²) in [6.45, 7) is 3.16. The maximum Gasteiger partial charge on any atom is 0.170 e. The van der Waals surface area contributed by atoms with Gasteiger partial charge in [-0.3, -0.25) is 9.59 Å². The Bertz CT molecular complexity index is 761. The van der Waals surface area contributed by atoms with Crippen molar-refractivity contribution in [2.75, 3.05) is 50.2 Å². The van der Waals surface area contributed by atoms with Crippen LogP contribution in [0, 0.1) is 0 Å². The number of nitrogens with zero attached hydrogens (tertiary/aromatic N) is 2. The van der Waals surface area contributed by atoms with Gasteiger partial charge < -0.3 is 14.5 Å². The van der Waals surface area contributed by atoms with Crippen LogP contribution in [0.2, 0.25) is 0 Å². The van der Waals surface area contributed by atoms with Gasteiger partial charge >= 0.3 is 0 Å². The van der Waals surface area contributed by atoms with Gasteiger partial charge in [0.05, 0.1) is 19.6 Å². The van der Waals surface area contributed by atoms with Crippen molar-refractivity contribution in [3.63, 3.8) is 0 Å². The fourth-order valence-electron chi connectivity index (χ4n) is 2.98. The fraction of sp³-hybridized carbons (Fsp3) is 0.333. The molecule has 0 radical (unpaired) electrons. The molecule has 3 rings (SSSR count). The molecule has 1 aliphatic heterocycles. The maximum absolute atomic E-state index is 12.4. The second-order valence-corrected chi connectivity index (χ2v) is 6.61. The van der Waals surface area contributed by atoms with Crippen molar-refractivity contribution in [3.05, 3.63) is 59.7 Å². The molecule has 0 aliphatic carbocycles. The number of anilines is 2. The zero-order valence-electron chi connectivity index (χ0n) is 15.3. The highest BCUT2D eigenvalue weighted by molar-refractivity contribution is 6.13. The van der Waals surface area contributed by atoms with Crippen LogP contribution < -0.4 is 9.80 Å². The molecule has 0 atom stereocenters. The minimum absolute atomic E-state index is 0.113. The molecule has 2 aromatic carbocycles. The van der Waals surface area contributed by atoms with Crippen LogP contribution in [-0.2, 0) is 4.74 Å². The Morgan fingerprint density at radius 3 is 1.88 bits per heavy atom. The van der Waals surface area contributed by atoms with Crippen molar-refractivity contribution in [1.29, 1.82) is 0 Å². The lowest BCUT2D eigenvalue weighted by molar-refractivity contribution is 0.0894. The number of Topliss-reactive ketones (excluding diaryl/α,β-unsaturated/α-hetero) is 2. The predicted octanol–water partition coefficient (Wildman–Crippen LogP) is 3.04. The minimum Gasteiger partial charge on any atom is -0.378 e. The number of morpholine rings is 1. The number of carbonyl (C=O) groups excluding carboxylic acids is 2. The van der Waals surface area contributed by atoms with E-state index >= 15 is 0 Å². The van der Waals surface area contributed by atoms with Gasteiger partial charge in [-0.15, -0.1) is 0 Å². The Hall–Kier alpha value is -2.66. The number of hydrogen-bond donors (Lipinski definition) is 0. The Morgan fingerprint density at radius 1 is 0.885 bits per heavy atom. The number of ether oxygens (including phenoxy) is 1. The van der Waals surface area contributed by atoms with E-state index in [4.69, 9.17) is 4.74 Å². The third-order valence-electron chi connectivity index (χ3n) is 4.59. The van der Waals surface area contributed by atoms with Crippen LogP contribution in [0.1, 0.15) is 27.1 Å². The van der Waals surface area contributed by atoms with Crippen molar-refractivity contribution < 1.29 is 14.3 Å². The summed E-state index contributed by atoms with van der Waals surface area (Å²) in [7, 11) is 3.89. The van der Waals surface area contributed by atoms with Gasteiger partial charge in [0, 0.05) is 49.7 Å². The van der Waals surface area contributed by atoms with E-state index in [2.05, 4.69) is 4.90 Å². The number of ketones is 2. The number of benzene rings is 2. The Balaban J connectivity index is 1.62. The molecule has 2 aromatic rings. The van der Waals surface area contributed by atoms with E-state index in [-0.39, 0.29) is 18.0 Å². The second kappa shape index (κ2) is 8.15. The van der Waals surface area contributed by atoms with E-state index in [1.165, 1.54) is 0 Å². The Kier molecular flexibility index (Phi) is 5.68. The molecule has 5 nitrogen and oxygen atoms in total. The zero-order valence-corrected chi connectivity index (χ0v) is 15.3. The summed E-state index contributed by atoms with van der Waals surface area (Å²) in [6.07, 6.45) is -0.113. The molecule has 0 N–H and O–H groups in total. The van der Waals surface area contributed by atoms with Gasteiger partial charge in [-0.25, -0.2) is 0 Å². The lowest BCUT2D eigenvalue weighted by atomic mass is 10.0. The average molecular weight is 352 g/mol. The molecule has 1 saturated heterocycles. The van der Waals surface area contributed by atoms with Gasteiger partial charge in [0.25, 0.3) is 0 Å². The molecule has 26 heavy (non-hydrogen) atoms. The van der Waals surface area contributed by atoms with Crippen LogP contribution in [-0.4, -0.2) is 52.0 Å². The third kappa shape index (κ3) is 4.29. The second-order valence-electron chi connectivity index (χ2n) is 6.61. The largest absolute Gasteiger partial charge is 0.378 e. The van der Waals surface area contributed by atoms with Crippen LogP contribution in [0.3, 0.4) is 0 Å². The highest BCUT2D eigenvalue weighted by atomic mass is 16.5. The SMILES string of the molecule is CN(C)c1ccc(C(=O)CC(=O)c2ccc(N3CCOCC3)cc2)cc1.